The summed E-state index contributed by atoms with van der Waals surface area (Å²) in [4.78, 5) is 17.4. The maximum Gasteiger partial charge on any atom is 0.197 e. The van der Waals surface area contributed by atoms with Crippen LogP contribution >= 0.6 is 11.6 Å². The van der Waals surface area contributed by atoms with Gasteiger partial charge in [-0.25, -0.2) is 0 Å². The molecule has 4 nitrogen and oxygen atoms in total. The first kappa shape index (κ1) is 17.1. The van der Waals surface area contributed by atoms with Gasteiger partial charge in [0.25, 0.3) is 0 Å². The minimum Gasteiger partial charge on any atom is -0.464 e. The fourth-order valence-electron chi connectivity index (χ4n) is 3.45. The molecule has 0 N–H and O–H groups in total. The molecule has 26 heavy (non-hydrogen) atoms. The standard InChI is InChI=1S/C21H21ClN2O2/c1-15-2-7-20-19(12-15)21(25)16(14-26-20)13-23-8-10-24(11-9-23)18-5-3-17(22)4-6-18/h2-7,12,14H,8-11,13H2,1H3. The van der Waals surface area contributed by atoms with E-state index in [4.69, 9.17) is 16.0 Å². The Kier molecular flexibility index (Phi) is 4.70. The van der Waals surface area contributed by atoms with Crippen LogP contribution in [0.3, 0.4) is 0 Å². The number of rotatable bonds is 3. The van der Waals surface area contributed by atoms with Crippen molar-refractivity contribution in [1.82, 2.24) is 4.90 Å². The Morgan fingerprint density at radius 2 is 1.77 bits per heavy atom. The molecule has 0 radical (unpaired) electrons. The highest BCUT2D eigenvalue weighted by Gasteiger charge is 2.19. The van der Waals surface area contributed by atoms with Gasteiger partial charge in [-0.1, -0.05) is 23.2 Å². The van der Waals surface area contributed by atoms with Crippen molar-refractivity contribution in [2.75, 3.05) is 31.1 Å². The van der Waals surface area contributed by atoms with Gasteiger partial charge in [-0.2, -0.15) is 0 Å². The van der Waals surface area contributed by atoms with Crippen LogP contribution in [0.5, 0.6) is 0 Å². The van der Waals surface area contributed by atoms with Gasteiger partial charge in [0.15, 0.2) is 5.43 Å². The number of aryl methyl sites for hydroxylation is 1. The second-order valence-corrected chi connectivity index (χ2v) is 7.27. The smallest absolute Gasteiger partial charge is 0.197 e. The molecule has 134 valence electrons. The molecule has 0 spiro atoms. The van der Waals surface area contributed by atoms with Gasteiger partial charge in [-0.3, -0.25) is 9.69 Å². The molecule has 5 heteroatoms. The minimum atomic E-state index is 0.0788. The van der Waals surface area contributed by atoms with E-state index in [2.05, 4.69) is 21.9 Å². The molecule has 2 heterocycles. The first-order valence-electron chi connectivity index (χ1n) is 8.84. The van der Waals surface area contributed by atoms with E-state index in [0.717, 1.165) is 42.3 Å². The first-order valence-corrected chi connectivity index (χ1v) is 9.22. The lowest BCUT2D eigenvalue weighted by atomic mass is 10.1. The van der Waals surface area contributed by atoms with Crippen LogP contribution in [0.25, 0.3) is 11.0 Å². The molecule has 0 aliphatic carbocycles. The molecule has 0 unspecified atom stereocenters. The van der Waals surface area contributed by atoms with Crippen LogP contribution in [0.15, 0.2) is 57.9 Å². The zero-order chi connectivity index (χ0) is 18.1. The summed E-state index contributed by atoms with van der Waals surface area (Å²) in [7, 11) is 0. The fraction of sp³-hybridized carbons (Fsp3) is 0.286. The van der Waals surface area contributed by atoms with Gasteiger partial charge in [0.2, 0.25) is 0 Å². The van der Waals surface area contributed by atoms with Crippen LogP contribution in [-0.2, 0) is 6.54 Å². The Balaban J connectivity index is 1.46. The molecular weight excluding hydrogens is 348 g/mol. The summed E-state index contributed by atoms with van der Waals surface area (Å²) >= 11 is 5.96. The SMILES string of the molecule is Cc1ccc2occ(CN3CCN(c4ccc(Cl)cc4)CC3)c(=O)c2c1. The number of nitrogens with zero attached hydrogens (tertiary/aromatic N) is 2. The van der Waals surface area contributed by atoms with E-state index in [9.17, 15) is 4.79 Å². The third-order valence-corrected chi connectivity index (χ3v) is 5.21. The highest BCUT2D eigenvalue weighted by atomic mass is 35.5. The van der Waals surface area contributed by atoms with Crippen molar-refractivity contribution in [3.63, 3.8) is 0 Å². The third-order valence-electron chi connectivity index (χ3n) is 4.96. The van der Waals surface area contributed by atoms with Crippen LogP contribution < -0.4 is 10.3 Å². The molecule has 1 aliphatic heterocycles. The van der Waals surface area contributed by atoms with E-state index in [1.165, 1.54) is 5.69 Å². The summed E-state index contributed by atoms with van der Waals surface area (Å²) in [5.41, 5.74) is 3.71. The molecule has 1 saturated heterocycles. The maximum atomic E-state index is 12.8. The van der Waals surface area contributed by atoms with Crippen LogP contribution in [0.4, 0.5) is 5.69 Å². The Morgan fingerprint density at radius 1 is 1.04 bits per heavy atom. The highest BCUT2D eigenvalue weighted by molar-refractivity contribution is 6.30. The van der Waals surface area contributed by atoms with Crippen LogP contribution in [0, 0.1) is 6.92 Å². The van der Waals surface area contributed by atoms with Crippen molar-refractivity contribution in [2.24, 2.45) is 0 Å². The number of benzene rings is 2. The number of fused-ring (bicyclic) bond motifs is 1. The van der Waals surface area contributed by atoms with E-state index in [-0.39, 0.29) is 5.43 Å². The molecule has 0 amide bonds. The van der Waals surface area contributed by atoms with E-state index in [0.29, 0.717) is 17.5 Å². The second-order valence-electron chi connectivity index (χ2n) is 6.83. The summed E-state index contributed by atoms with van der Waals surface area (Å²) in [5, 5.41) is 1.42. The van der Waals surface area contributed by atoms with Crippen molar-refractivity contribution in [2.45, 2.75) is 13.5 Å². The summed E-state index contributed by atoms with van der Waals surface area (Å²) < 4.78 is 5.67. The van der Waals surface area contributed by atoms with Crippen molar-refractivity contribution in [3.8, 4) is 0 Å². The Bertz CT molecular complexity index is 973. The predicted molar refractivity (Wildman–Crippen MR) is 106 cm³/mol. The molecule has 1 aromatic heterocycles. The van der Waals surface area contributed by atoms with E-state index in [1.807, 2.05) is 37.3 Å². The fourth-order valence-corrected chi connectivity index (χ4v) is 3.58. The van der Waals surface area contributed by atoms with Crippen LogP contribution in [-0.4, -0.2) is 31.1 Å². The lowest BCUT2D eigenvalue weighted by Crippen LogP contribution is -2.46. The zero-order valence-electron chi connectivity index (χ0n) is 14.7. The molecular formula is C21H21ClN2O2. The van der Waals surface area contributed by atoms with Gasteiger partial charge >= 0.3 is 0 Å². The number of piperazine rings is 1. The van der Waals surface area contributed by atoms with Gasteiger partial charge in [-0.15, -0.1) is 0 Å². The molecule has 0 saturated carbocycles. The molecule has 2 aromatic carbocycles. The van der Waals surface area contributed by atoms with Crippen molar-refractivity contribution < 1.29 is 4.42 Å². The molecule has 0 bridgehead atoms. The maximum absolute atomic E-state index is 12.8. The Hall–Kier alpha value is -2.30. The van der Waals surface area contributed by atoms with Gasteiger partial charge < -0.3 is 9.32 Å². The number of halogens is 1. The number of hydrogen-bond donors (Lipinski definition) is 0. The molecule has 3 aromatic rings. The molecule has 4 rings (SSSR count). The monoisotopic (exact) mass is 368 g/mol. The Morgan fingerprint density at radius 3 is 2.50 bits per heavy atom. The summed E-state index contributed by atoms with van der Waals surface area (Å²) in [6.45, 7) is 6.30. The van der Waals surface area contributed by atoms with E-state index < -0.39 is 0 Å². The van der Waals surface area contributed by atoms with Gasteiger partial charge in [0, 0.05) is 49.0 Å². The quantitative estimate of drug-likeness (QED) is 0.698. The third kappa shape index (κ3) is 3.48. The first-order chi connectivity index (χ1) is 12.6. The van der Waals surface area contributed by atoms with Crippen LogP contribution in [0.1, 0.15) is 11.1 Å². The largest absolute Gasteiger partial charge is 0.464 e. The Labute approximate surface area is 157 Å². The van der Waals surface area contributed by atoms with Crippen molar-refractivity contribution in [3.05, 3.63) is 75.1 Å². The summed E-state index contributed by atoms with van der Waals surface area (Å²) in [5.74, 6) is 0. The average Bonchev–Trinajstić information content (AvgIpc) is 2.66. The lowest BCUT2D eigenvalue weighted by molar-refractivity contribution is 0.247. The van der Waals surface area contributed by atoms with Gasteiger partial charge in [0.1, 0.15) is 5.58 Å². The zero-order valence-corrected chi connectivity index (χ0v) is 15.5. The predicted octanol–water partition coefficient (Wildman–Crippen LogP) is 4.08. The van der Waals surface area contributed by atoms with Gasteiger partial charge in [-0.05, 0) is 43.3 Å². The summed E-state index contributed by atoms with van der Waals surface area (Å²) in [6.07, 6.45) is 1.62. The summed E-state index contributed by atoms with van der Waals surface area (Å²) in [6, 6.07) is 13.7. The normalized spacial score (nSPS) is 15.5. The minimum absolute atomic E-state index is 0.0788. The van der Waals surface area contributed by atoms with E-state index in [1.54, 1.807) is 6.26 Å². The van der Waals surface area contributed by atoms with E-state index >= 15 is 0 Å². The molecule has 0 atom stereocenters. The van der Waals surface area contributed by atoms with Crippen molar-refractivity contribution >= 4 is 28.3 Å². The van der Waals surface area contributed by atoms with Crippen molar-refractivity contribution in [1.29, 1.82) is 0 Å². The molecule has 1 fully saturated rings. The highest BCUT2D eigenvalue weighted by Crippen LogP contribution is 2.20. The lowest BCUT2D eigenvalue weighted by Gasteiger charge is -2.36. The average molecular weight is 369 g/mol. The number of hydrogen-bond acceptors (Lipinski definition) is 4. The second kappa shape index (κ2) is 7.14. The topological polar surface area (TPSA) is 36.7 Å². The molecule has 1 aliphatic rings. The van der Waals surface area contributed by atoms with Crippen LogP contribution in [0.2, 0.25) is 5.02 Å². The van der Waals surface area contributed by atoms with Gasteiger partial charge in [0.05, 0.1) is 11.6 Å². The number of anilines is 1.